The lowest BCUT2D eigenvalue weighted by Crippen LogP contribution is -2.28. The van der Waals surface area contributed by atoms with Crippen molar-refractivity contribution in [2.45, 2.75) is 44.5 Å². The van der Waals surface area contributed by atoms with E-state index in [2.05, 4.69) is 25.0 Å². The van der Waals surface area contributed by atoms with Crippen LogP contribution in [-0.2, 0) is 11.3 Å². The maximum absolute atomic E-state index is 12.6. The van der Waals surface area contributed by atoms with Crippen LogP contribution < -0.4 is 4.74 Å². The number of aliphatic carboxylic acids is 1. The molecule has 1 aliphatic carbocycles. The number of carbonyl (C=O) groups is 1. The van der Waals surface area contributed by atoms with Crippen LogP contribution in [0.1, 0.15) is 25.7 Å². The summed E-state index contributed by atoms with van der Waals surface area (Å²) in [4.78, 5) is 27.4. The zero-order chi connectivity index (χ0) is 29.4. The number of carboxylic acid groups (broad SMARTS) is 1. The Morgan fingerprint density at radius 2 is 1.60 bits per heavy atom. The molecule has 0 aliphatic heterocycles. The van der Waals surface area contributed by atoms with Gasteiger partial charge in [-0.15, -0.1) is 0 Å². The number of hydrogen-bond acceptors (Lipinski definition) is 6. The topological polar surface area (TPSA) is 119 Å². The van der Waals surface area contributed by atoms with Gasteiger partial charge >= 0.3 is 12.1 Å². The first-order chi connectivity index (χ1) is 20.1. The normalized spacial score (nSPS) is 17.4. The minimum Gasteiger partial charge on any atom is -0.481 e. The molecule has 6 rings (SSSR count). The average Bonchev–Trinajstić information content (AvgIpc) is 3.58. The number of rotatable bonds is 7. The number of fused-ring (bicyclic) bond motifs is 1. The number of carboxylic acids is 1. The summed E-state index contributed by atoms with van der Waals surface area (Å²) in [5.74, 6) is -0.867. The van der Waals surface area contributed by atoms with E-state index in [-0.39, 0.29) is 17.8 Å². The number of nitrogens with one attached hydrogen (secondary N) is 1. The number of hydrogen-bond donors (Lipinski definition) is 2. The Kier molecular flexibility index (Phi) is 7.31. The molecule has 2 aromatic carbocycles. The molecule has 0 spiro atoms. The lowest BCUT2D eigenvalue weighted by Gasteiger charge is -2.25. The summed E-state index contributed by atoms with van der Waals surface area (Å²) in [5.41, 5.74) is 4.87. The predicted molar refractivity (Wildman–Crippen MR) is 149 cm³/mol. The highest BCUT2D eigenvalue weighted by Gasteiger charge is 2.29. The summed E-state index contributed by atoms with van der Waals surface area (Å²) >= 11 is 6.57. The number of H-pyrrole nitrogens is 1. The molecule has 0 atom stereocenters. The number of ether oxygens (including phenoxy) is 1. The monoisotopic (exact) mass is 596 g/mol. The van der Waals surface area contributed by atoms with Crippen LogP contribution in [0.25, 0.3) is 44.9 Å². The van der Waals surface area contributed by atoms with Gasteiger partial charge in [-0.25, -0.2) is 14.6 Å². The van der Waals surface area contributed by atoms with E-state index < -0.39 is 18.7 Å². The smallest absolute Gasteiger partial charge is 0.408 e. The van der Waals surface area contributed by atoms with Crippen LogP contribution in [0.4, 0.5) is 13.2 Å². The summed E-state index contributed by atoms with van der Waals surface area (Å²) in [7, 11) is 0. The number of nitrogens with zero attached hydrogens (tertiary/aromatic N) is 5. The van der Waals surface area contributed by atoms with E-state index in [0.29, 0.717) is 59.1 Å². The third kappa shape index (κ3) is 6.08. The van der Waals surface area contributed by atoms with E-state index in [4.69, 9.17) is 16.3 Å². The summed E-state index contributed by atoms with van der Waals surface area (Å²) in [6.45, 7) is -1.19. The summed E-state index contributed by atoms with van der Waals surface area (Å²) < 4.78 is 44.6. The van der Waals surface area contributed by atoms with Crippen LogP contribution in [0.5, 0.6) is 6.01 Å². The first-order valence-corrected chi connectivity index (χ1v) is 13.6. The first-order valence-electron chi connectivity index (χ1n) is 13.2. The number of imidazole rings is 1. The van der Waals surface area contributed by atoms with Gasteiger partial charge in [0.2, 0.25) is 0 Å². The van der Waals surface area contributed by atoms with Crippen LogP contribution in [0.3, 0.4) is 0 Å². The molecule has 3 aromatic heterocycles. The van der Waals surface area contributed by atoms with E-state index in [0.717, 1.165) is 27.7 Å². The minimum atomic E-state index is -4.37. The van der Waals surface area contributed by atoms with Crippen LogP contribution in [0.2, 0.25) is 5.02 Å². The maximum Gasteiger partial charge on any atom is 0.408 e. The molecule has 0 saturated heterocycles. The predicted octanol–water partition coefficient (Wildman–Crippen LogP) is 6.79. The van der Waals surface area contributed by atoms with Crippen molar-refractivity contribution in [3.8, 4) is 39.8 Å². The fourth-order valence-corrected chi connectivity index (χ4v) is 5.32. The minimum absolute atomic E-state index is 0.110. The van der Waals surface area contributed by atoms with Crippen LogP contribution >= 0.6 is 11.6 Å². The molecule has 1 aliphatic rings. The molecule has 3 heterocycles. The largest absolute Gasteiger partial charge is 0.481 e. The van der Waals surface area contributed by atoms with Gasteiger partial charge < -0.3 is 14.8 Å². The first kappa shape index (κ1) is 27.7. The number of halogens is 4. The van der Waals surface area contributed by atoms with Gasteiger partial charge in [0, 0.05) is 11.1 Å². The number of aromatic nitrogens is 6. The van der Waals surface area contributed by atoms with Crippen molar-refractivity contribution in [1.29, 1.82) is 0 Å². The van der Waals surface area contributed by atoms with Crippen molar-refractivity contribution in [3.63, 3.8) is 0 Å². The Bertz CT molecular complexity index is 1730. The second kappa shape index (κ2) is 11.1. The number of pyridine rings is 1. The van der Waals surface area contributed by atoms with Crippen LogP contribution in [0, 0.1) is 5.92 Å². The highest BCUT2D eigenvalue weighted by Crippen LogP contribution is 2.33. The molecule has 9 nitrogen and oxygen atoms in total. The molecule has 216 valence electrons. The van der Waals surface area contributed by atoms with Gasteiger partial charge in [-0.1, -0.05) is 60.1 Å². The Hall–Kier alpha value is -4.45. The molecule has 0 bridgehead atoms. The number of alkyl halides is 3. The molecular formula is C29H24ClF3N6O3. The third-order valence-corrected chi connectivity index (χ3v) is 7.51. The van der Waals surface area contributed by atoms with Gasteiger partial charge in [0.25, 0.3) is 6.01 Å². The van der Waals surface area contributed by atoms with Crippen molar-refractivity contribution in [2.75, 3.05) is 0 Å². The van der Waals surface area contributed by atoms with Crippen molar-refractivity contribution >= 4 is 28.7 Å². The van der Waals surface area contributed by atoms with Crippen molar-refractivity contribution in [3.05, 3.63) is 65.9 Å². The fraction of sp³-hybridized carbons (Fsp3) is 0.276. The Labute approximate surface area is 242 Å². The molecule has 1 fully saturated rings. The van der Waals surface area contributed by atoms with Crippen LogP contribution in [-0.4, -0.2) is 53.1 Å². The molecule has 5 aromatic rings. The fourth-order valence-electron chi connectivity index (χ4n) is 5.06. The molecule has 42 heavy (non-hydrogen) atoms. The lowest BCUT2D eigenvalue weighted by molar-refractivity contribution is -0.144. The van der Waals surface area contributed by atoms with Gasteiger partial charge in [-0.3, -0.25) is 4.79 Å². The number of benzene rings is 2. The summed E-state index contributed by atoms with van der Waals surface area (Å²) in [5, 5.41) is 13.5. The maximum atomic E-state index is 12.6. The highest BCUT2D eigenvalue weighted by atomic mass is 35.5. The molecule has 0 radical (unpaired) electrons. The average molecular weight is 597 g/mol. The zero-order valence-electron chi connectivity index (χ0n) is 22.0. The van der Waals surface area contributed by atoms with E-state index in [1.807, 2.05) is 36.4 Å². The van der Waals surface area contributed by atoms with Crippen LogP contribution in [0.15, 0.2) is 60.9 Å². The molecule has 0 unspecified atom stereocenters. The molecule has 0 amide bonds. The van der Waals surface area contributed by atoms with E-state index in [9.17, 15) is 23.1 Å². The highest BCUT2D eigenvalue weighted by molar-refractivity contribution is 6.33. The van der Waals surface area contributed by atoms with Crippen molar-refractivity contribution in [2.24, 2.45) is 5.92 Å². The lowest BCUT2D eigenvalue weighted by atomic mass is 9.87. The van der Waals surface area contributed by atoms with Crippen molar-refractivity contribution < 1.29 is 27.8 Å². The molecular weight excluding hydrogens is 573 g/mol. The van der Waals surface area contributed by atoms with E-state index in [1.54, 1.807) is 18.2 Å². The van der Waals surface area contributed by atoms with Gasteiger partial charge in [0.15, 0.2) is 11.5 Å². The Morgan fingerprint density at radius 1 is 0.976 bits per heavy atom. The quantitative estimate of drug-likeness (QED) is 0.212. The van der Waals surface area contributed by atoms with Gasteiger partial charge in [-0.2, -0.15) is 23.3 Å². The second-order valence-electron chi connectivity index (χ2n) is 10.2. The van der Waals surface area contributed by atoms with Crippen molar-refractivity contribution in [1.82, 2.24) is 29.7 Å². The van der Waals surface area contributed by atoms with E-state index in [1.165, 1.54) is 0 Å². The standard InChI is InChI=1S/C29H24ClF3N6O3/c30-22-13-23-26(37-28(35-23)42-21-11-9-20(10-12-21)27(40)41)36-24(22)18-5-1-16(2-6-18)17-3-7-19(8-4-17)25-34-15-39(38-25)14-29(31,32)33/h1-8,13,15,20-21H,9-12,14H2,(H,40,41)(H,35,36,37)/t20-,21-. The SMILES string of the molecule is O=C(O)[C@H]1CC[C@H](Oc2nc3nc(-c4ccc(-c5ccc(-c6ncn(CC(F)(F)F)n6)cc5)cc4)c(Cl)cc3[nH]2)CC1. The molecule has 13 heteroatoms. The van der Waals surface area contributed by atoms with E-state index >= 15 is 0 Å². The third-order valence-electron chi connectivity index (χ3n) is 7.22. The molecule has 1 saturated carbocycles. The summed E-state index contributed by atoms with van der Waals surface area (Å²) in [6.07, 6.45) is -0.978. The Balaban J connectivity index is 1.15. The van der Waals surface area contributed by atoms with Gasteiger partial charge in [-0.05, 0) is 42.9 Å². The Morgan fingerprint density at radius 3 is 2.21 bits per heavy atom. The zero-order valence-corrected chi connectivity index (χ0v) is 22.7. The summed E-state index contributed by atoms with van der Waals surface area (Å²) in [6, 6.07) is 16.9. The van der Waals surface area contributed by atoms with Gasteiger partial charge in [0.05, 0.1) is 22.2 Å². The van der Waals surface area contributed by atoms with Gasteiger partial charge in [0.1, 0.15) is 19.0 Å². The number of aromatic amines is 1. The molecule has 2 N–H and O–H groups in total. The second-order valence-corrected chi connectivity index (χ2v) is 10.6.